The Labute approximate surface area is 134 Å². The maximum Gasteiger partial charge on any atom is 0.354 e. The Hall–Kier alpha value is -2.69. The standard InChI is InChI=1S/C18H18N2O3/c21-17(15-9-4-10-16(19-15)18(22)23)20-11-5-8-14(20)12-13-6-2-1-3-7-13/h1-4,6-7,9-10,14H,5,8,11-12H2,(H,22,23). The monoisotopic (exact) mass is 310 g/mol. The van der Waals surface area contributed by atoms with Crippen LogP contribution in [0.1, 0.15) is 39.4 Å². The van der Waals surface area contributed by atoms with Crippen molar-refractivity contribution in [3.05, 3.63) is 65.5 Å². The van der Waals surface area contributed by atoms with Gasteiger partial charge in [0.1, 0.15) is 11.4 Å². The second-order valence-corrected chi connectivity index (χ2v) is 5.70. The van der Waals surface area contributed by atoms with Gasteiger partial charge in [0.2, 0.25) is 0 Å². The van der Waals surface area contributed by atoms with E-state index in [1.165, 1.54) is 11.6 Å². The first-order valence-electron chi connectivity index (χ1n) is 7.70. The molecule has 0 bridgehead atoms. The third kappa shape index (κ3) is 3.39. The van der Waals surface area contributed by atoms with Gasteiger partial charge in [0.25, 0.3) is 5.91 Å². The number of nitrogens with zero attached hydrogens (tertiary/aromatic N) is 2. The Morgan fingerprint density at radius 1 is 1.09 bits per heavy atom. The van der Waals surface area contributed by atoms with Crippen LogP contribution in [0.2, 0.25) is 0 Å². The molecule has 1 aromatic carbocycles. The molecule has 3 rings (SSSR count). The molecular weight excluding hydrogens is 292 g/mol. The number of carbonyl (C=O) groups is 2. The largest absolute Gasteiger partial charge is 0.477 e. The average Bonchev–Trinajstić information content (AvgIpc) is 3.03. The van der Waals surface area contributed by atoms with Crippen molar-refractivity contribution in [2.24, 2.45) is 0 Å². The summed E-state index contributed by atoms with van der Waals surface area (Å²) < 4.78 is 0. The number of carbonyl (C=O) groups excluding carboxylic acids is 1. The molecule has 23 heavy (non-hydrogen) atoms. The van der Waals surface area contributed by atoms with E-state index in [-0.39, 0.29) is 23.3 Å². The summed E-state index contributed by atoms with van der Waals surface area (Å²) in [5, 5.41) is 9.02. The smallest absolute Gasteiger partial charge is 0.354 e. The number of likely N-dealkylation sites (tertiary alicyclic amines) is 1. The molecule has 0 radical (unpaired) electrons. The van der Waals surface area contributed by atoms with Gasteiger partial charge in [-0.15, -0.1) is 0 Å². The fourth-order valence-corrected chi connectivity index (χ4v) is 3.02. The number of aromatic carboxylic acids is 1. The van der Waals surface area contributed by atoms with Gasteiger partial charge < -0.3 is 10.0 Å². The highest BCUT2D eigenvalue weighted by molar-refractivity contribution is 5.94. The zero-order valence-electron chi connectivity index (χ0n) is 12.7. The molecule has 5 heteroatoms. The van der Waals surface area contributed by atoms with Crippen molar-refractivity contribution >= 4 is 11.9 Å². The van der Waals surface area contributed by atoms with E-state index in [0.717, 1.165) is 19.3 Å². The van der Waals surface area contributed by atoms with Gasteiger partial charge in [0, 0.05) is 12.6 Å². The Morgan fingerprint density at radius 3 is 2.57 bits per heavy atom. The van der Waals surface area contributed by atoms with Crippen LogP contribution < -0.4 is 0 Å². The lowest BCUT2D eigenvalue weighted by Gasteiger charge is -2.24. The van der Waals surface area contributed by atoms with Crippen LogP contribution in [0.25, 0.3) is 0 Å². The van der Waals surface area contributed by atoms with Gasteiger partial charge in [-0.3, -0.25) is 4.79 Å². The van der Waals surface area contributed by atoms with Crippen molar-refractivity contribution < 1.29 is 14.7 Å². The summed E-state index contributed by atoms with van der Waals surface area (Å²) in [4.78, 5) is 29.5. The Kier molecular flexibility index (Phi) is 4.37. The van der Waals surface area contributed by atoms with Crippen LogP contribution >= 0.6 is 0 Å². The molecule has 1 aliphatic rings. The van der Waals surface area contributed by atoms with Crippen LogP contribution in [-0.4, -0.2) is 39.5 Å². The molecule has 0 saturated carbocycles. The van der Waals surface area contributed by atoms with Crippen molar-refractivity contribution in [3.63, 3.8) is 0 Å². The number of benzene rings is 1. The molecule has 0 spiro atoms. The summed E-state index contributed by atoms with van der Waals surface area (Å²) in [7, 11) is 0. The van der Waals surface area contributed by atoms with E-state index in [1.54, 1.807) is 12.1 Å². The molecule has 5 nitrogen and oxygen atoms in total. The van der Waals surface area contributed by atoms with E-state index >= 15 is 0 Å². The van der Waals surface area contributed by atoms with Crippen LogP contribution in [0.3, 0.4) is 0 Å². The molecule has 1 saturated heterocycles. The highest BCUT2D eigenvalue weighted by Crippen LogP contribution is 2.23. The molecule has 1 fully saturated rings. The van der Waals surface area contributed by atoms with Crippen LogP contribution in [0.5, 0.6) is 0 Å². The van der Waals surface area contributed by atoms with E-state index in [0.29, 0.717) is 6.54 Å². The van der Waals surface area contributed by atoms with Crippen molar-refractivity contribution in [1.29, 1.82) is 0 Å². The summed E-state index contributed by atoms with van der Waals surface area (Å²) in [5.74, 6) is -1.31. The molecule has 0 aliphatic carbocycles. The van der Waals surface area contributed by atoms with Crippen molar-refractivity contribution in [2.45, 2.75) is 25.3 Å². The number of amides is 1. The van der Waals surface area contributed by atoms with Gasteiger partial charge in [-0.05, 0) is 37.0 Å². The first kappa shape index (κ1) is 15.2. The fourth-order valence-electron chi connectivity index (χ4n) is 3.02. The topological polar surface area (TPSA) is 70.5 Å². The summed E-state index contributed by atoms with van der Waals surface area (Å²) in [6.45, 7) is 0.690. The predicted molar refractivity (Wildman–Crippen MR) is 85.4 cm³/mol. The number of hydrogen-bond acceptors (Lipinski definition) is 3. The third-order valence-corrected chi connectivity index (χ3v) is 4.14. The predicted octanol–water partition coefficient (Wildman–Crippen LogP) is 2.63. The van der Waals surface area contributed by atoms with Gasteiger partial charge in [-0.2, -0.15) is 0 Å². The molecule has 1 aromatic heterocycles. The molecule has 118 valence electrons. The SMILES string of the molecule is O=C(O)c1cccc(C(=O)N2CCCC2Cc2ccccc2)n1. The number of hydrogen-bond donors (Lipinski definition) is 1. The van der Waals surface area contributed by atoms with Gasteiger partial charge in [-0.25, -0.2) is 9.78 Å². The Balaban J connectivity index is 1.78. The zero-order chi connectivity index (χ0) is 16.2. The normalized spacial score (nSPS) is 17.2. The van der Waals surface area contributed by atoms with Crippen molar-refractivity contribution in [3.8, 4) is 0 Å². The fraction of sp³-hybridized carbons (Fsp3) is 0.278. The summed E-state index contributed by atoms with van der Waals surface area (Å²) >= 11 is 0. The Morgan fingerprint density at radius 2 is 1.83 bits per heavy atom. The van der Waals surface area contributed by atoms with E-state index in [1.807, 2.05) is 23.1 Å². The minimum atomic E-state index is -1.12. The van der Waals surface area contributed by atoms with Crippen LogP contribution in [-0.2, 0) is 6.42 Å². The Bertz CT molecular complexity index is 715. The van der Waals surface area contributed by atoms with Crippen molar-refractivity contribution in [1.82, 2.24) is 9.88 Å². The van der Waals surface area contributed by atoms with Gasteiger partial charge >= 0.3 is 5.97 Å². The molecule has 1 atom stereocenters. The molecular formula is C18H18N2O3. The maximum absolute atomic E-state index is 12.7. The number of aromatic nitrogens is 1. The molecule has 1 N–H and O–H groups in total. The van der Waals surface area contributed by atoms with Gasteiger partial charge in [-0.1, -0.05) is 36.4 Å². The third-order valence-electron chi connectivity index (χ3n) is 4.14. The van der Waals surface area contributed by atoms with E-state index in [9.17, 15) is 9.59 Å². The number of rotatable bonds is 4. The molecule has 1 unspecified atom stereocenters. The average molecular weight is 310 g/mol. The number of carboxylic acids is 1. The van der Waals surface area contributed by atoms with E-state index < -0.39 is 5.97 Å². The van der Waals surface area contributed by atoms with Crippen LogP contribution in [0.15, 0.2) is 48.5 Å². The second kappa shape index (κ2) is 6.60. The first-order chi connectivity index (χ1) is 11.1. The van der Waals surface area contributed by atoms with Crippen LogP contribution in [0.4, 0.5) is 0 Å². The molecule has 1 aliphatic heterocycles. The van der Waals surface area contributed by atoms with E-state index in [2.05, 4.69) is 17.1 Å². The number of pyridine rings is 1. The lowest BCUT2D eigenvalue weighted by atomic mass is 10.0. The molecule has 2 heterocycles. The lowest BCUT2D eigenvalue weighted by Crippen LogP contribution is -2.37. The lowest BCUT2D eigenvalue weighted by molar-refractivity contribution is 0.0689. The molecule has 1 amide bonds. The van der Waals surface area contributed by atoms with Gasteiger partial charge in [0.15, 0.2) is 0 Å². The quantitative estimate of drug-likeness (QED) is 0.942. The molecule has 2 aromatic rings. The summed E-state index contributed by atoms with van der Waals surface area (Å²) in [6.07, 6.45) is 2.73. The minimum absolute atomic E-state index is 0.102. The highest BCUT2D eigenvalue weighted by Gasteiger charge is 2.30. The number of carboxylic acid groups (broad SMARTS) is 1. The zero-order valence-corrected chi connectivity index (χ0v) is 12.7. The van der Waals surface area contributed by atoms with Crippen LogP contribution in [0, 0.1) is 0 Å². The summed E-state index contributed by atoms with van der Waals surface area (Å²) in [5.41, 5.74) is 1.30. The second-order valence-electron chi connectivity index (χ2n) is 5.70. The van der Waals surface area contributed by atoms with Gasteiger partial charge in [0.05, 0.1) is 0 Å². The van der Waals surface area contributed by atoms with E-state index in [4.69, 9.17) is 5.11 Å². The highest BCUT2D eigenvalue weighted by atomic mass is 16.4. The maximum atomic E-state index is 12.7. The summed E-state index contributed by atoms with van der Waals surface area (Å²) in [6, 6.07) is 14.8. The first-order valence-corrected chi connectivity index (χ1v) is 7.70. The minimum Gasteiger partial charge on any atom is -0.477 e. The van der Waals surface area contributed by atoms with Crippen molar-refractivity contribution in [2.75, 3.05) is 6.54 Å².